The molecule has 5 nitrogen and oxygen atoms in total. The molecule has 0 spiro atoms. The van der Waals surface area contributed by atoms with Crippen LogP contribution in [0.4, 0.5) is 10.8 Å². The molecule has 0 aliphatic carbocycles. The van der Waals surface area contributed by atoms with E-state index in [4.69, 9.17) is 0 Å². The number of hydrogen-bond acceptors (Lipinski definition) is 4. The highest BCUT2D eigenvalue weighted by Gasteiger charge is 2.12. The smallest absolute Gasteiger partial charge is 0.255 e. The molecule has 0 atom stereocenters. The summed E-state index contributed by atoms with van der Waals surface area (Å²) in [6.45, 7) is 5.69. The first-order chi connectivity index (χ1) is 12.0. The summed E-state index contributed by atoms with van der Waals surface area (Å²) < 4.78 is 0.922. The highest BCUT2D eigenvalue weighted by molar-refractivity contribution is 7.22. The third-order valence-corrected chi connectivity index (χ3v) is 4.71. The van der Waals surface area contributed by atoms with Crippen molar-refractivity contribution < 1.29 is 9.59 Å². The number of benzene rings is 2. The van der Waals surface area contributed by atoms with E-state index in [1.165, 1.54) is 11.3 Å². The Bertz CT molecular complexity index is 962. The molecular formula is C19H19N3O2S. The van der Waals surface area contributed by atoms with E-state index in [0.717, 1.165) is 21.3 Å². The molecule has 3 aromatic rings. The zero-order chi connectivity index (χ0) is 18.0. The maximum absolute atomic E-state index is 12.4. The van der Waals surface area contributed by atoms with Crippen LogP contribution in [0.2, 0.25) is 0 Å². The fraction of sp³-hybridized carbons (Fsp3) is 0.211. The van der Waals surface area contributed by atoms with E-state index in [1.54, 1.807) is 13.0 Å². The van der Waals surface area contributed by atoms with Gasteiger partial charge in [-0.3, -0.25) is 9.59 Å². The van der Waals surface area contributed by atoms with Gasteiger partial charge in [0.15, 0.2) is 5.13 Å². The number of thiazole rings is 1. The lowest BCUT2D eigenvalue weighted by atomic mass is 10.1. The largest absolute Gasteiger partial charge is 0.322 e. The summed E-state index contributed by atoms with van der Waals surface area (Å²) in [5.74, 6) is -0.212. The third-order valence-electron chi connectivity index (χ3n) is 3.79. The lowest BCUT2D eigenvalue weighted by Gasteiger charge is -2.07. The van der Waals surface area contributed by atoms with Gasteiger partial charge in [-0.1, -0.05) is 36.0 Å². The van der Waals surface area contributed by atoms with Crippen molar-refractivity contribution in [1.82, 2.24) is 4.98 Å². The van der Waals surface area contributed by atoms with E-state index in [1.807, 2.05) is 44.2 Å². The van der Waals surface area contributed by atoms with E-state index in [-0.39, 0.29) is 11.8 Å². The number of fused-ring (bicyclic) bond motifs is 1. The van der Waals surface area contributed by atoms with Crippen molar-refractivity contribution >= 4 is 44.2 Å². The highest BCUT2D eigenvalue weighted by atomic mass is 32.1. The first-order valence-corrected chi connectivity index (χ1v) is 8.87. The van der Waals surface area contributed by atoms with Crippen LogP contribution in [0.15, 0.2) is 36.4 Å². The van der Waals surface area contributed by atoms with E-state index in [2.05, 4.69) is 15.6 Å². The van der Waals surface area contributed by atoms with Crippen molar-refractivity contribution in [3.05, 3.63) is 53.1 Å². The van der Waals surface area contributed by atoms with Gasteiger partial charge >= 0.3 is 0 Å². The third kappa shape index (κ3) is 3.85. The lowest BCUT2D eigenvalue weighted by Crippen LogP contribution is -2.12. The van der Waals surface area contributed by atoms with Gasteiger partial charge in [0.1, 0.15) is 0 Å². The minimum absolute atomic E-state index is 0.0651. The minimum atomic E-state index is -0.147. The molecule has 25 heavy (non-hydrogen) atoms. The summed E-state index contributed by atoms with van der Waals surface area (Å²) in [6, 6.07) is 11.2. The first kappa shape index (κ1) is 17.1. The quantitative estimate of drug-likeness (QED) is 0.725. The Labute approximate surface area is 150 Å². The zero-order valence-electron chi connectivity index (χ0n) is 14.3. The predicted octanol–water partition coefficient (Wildman–Crippen LogP) is 4.51. The van der Waals surface area contributed by atoms with Gasteiger partial charge in [-0.25, -0.2) is 4.98 Å². The lowest BCUT2D eigenvalue weighted by molar-refractivity contribution is -0.115. The molecule has 3 rings (SSSR count). The zero-order valence-corrected chi connectivity index (χ0v) is 15.2. The van der Waals surface area contributed by atoms with E-state index in [9.17, 15) is 9.59 Å². The molecule has 1 heterocycles. The molecule has 6 heteroatoms. The number of hydrogen-bond donors (Lipinski definition) is 2. The fourth-order valence-electron chi connectivity index (χ4n) is 2.52. The number of nitrogens with one attached hydrogen (secondary N) is 2. The van der Waals surface area contributed by atoms with Crippen LogP contribution in [0.5, 0.6) is 0 Å². The molecule has 0 unspecified atom stereocenters. The first-order valence-electron chi connectivity index (χ1n) is 8.05. The number of carbonyl (C=O) groups is 2. The number of carbonyl (C=O) groups excluding carboxylic acids is 2. The van der Waals surface area contributed by atoms with Crippen LogP contribution < -0.4 is 10.6 Å². The summed E-state index contributed by atoms with van der Waals surface area (Å²) in [5.41, 5.74) is 4.17. The van der Waals surface area contributed by atoms with Gasteiger partial charge in [0.05, 0.1) is 10.2 Å². The van der Waals surface area contributed by atoms with Crippen molar-refractivity contribution in [2.24, 2.45) is 0 Å². The van der Waals surface area contributed by atoms with Crippen LogP contribution >= 0.6 is 11.3 Å². The molecule has 128 valence electrons. The Kier molecular flexibility index (Phi) is 4.81. The predicted molar refractivity (Wildman–Crippen MR) is 102 cm³/mol. The number of nitrogens with zero attached hydrogens (tertiary/aromatic N) is 1. The molecule has 0 saturated heterocycles. The molecule has 0 aliphatic heterocycles. The Morgan fingerprint density at radius 1 is 1.12 bits per heavy atom. The van der Waals surface area contributed by atoms with Crippen LogP contribution in [0.25, 0.3) is 10.2 Å². The van der Waals surface area contributed by atoms with Crippen LogP contribution in [-0.4, -0.2) is 16.8 Å². The van der Waals surface area contributed by atoms with E-state index < -0.39 is 0 Å². The SMILES string of the molecule is CCC(=O)Nc1nc2c(C)cc(NC(=O)c3cccc(C)c3)cc2s1. The topological polar surface area (TPSA) is 71.1 Å². The Morgan fingerprint density at radius 3 is 2.64 bits per heavy atom. The van der Waals surface area contributed by atoms with Gasteiger partial charge in [0, 0.05) is 17.7 Å². The average Bonchev–Trinajstić information content (AvgIpc) is 2.97. The van der Waals surface area contributed by atoms with Gasteiger partial charge < -0.3 is 10.6 Å². The molecule has 2 aromatic carbocycles. The molecule has 1 aromatic heterocycles. The van der Waals surface area contributed by atoms with Crippen molar-refractivity contribution in [2.75, 3.05) is 10.6 Å². The molecular weight excluding hydrogens is 334 g/mol. The standard InChI is InChI=1S/C19H19N3O2S/c1-4-16(23)21-19-22-17-12(3)9-14(10-15(17)25-19)20-18(24)13-7-5-6-11(2)8-13/h5-10H,4H2,1-3H3,(H,20,24)(H,21,22,23). The maximum atomic E-state index is 12.4. The average molecular weight is 353 g/mol. The van der Waals surface area contributed by atoms with Crippen LogP contribution in [0.1, 0.15) is 34.8 Å². The highest BCUT2D eigenvalue weighted by Crippen LogP contribution is 2.31. The van der Waals surface area contributed by atoms with E-state index >= 15 is 0 Å². The summed E-state index contributed by atoms with van der Waals surface area (Å²) in [6.07, 6.45) is 0.409. The fourth-order valence-corrected chi connectivity index (χ4v) is 3.52. The number of anilines is 2. The Hall–Kier alpha value is -2.73. The minimum Gasteiger partial charge on any atom is -0.322 e. The second-order valence-corrected chi connectivity index (χ2v) is 6.91. The van der Waals surface area contributed by atoms with E-state index in [0.29, 0.717) is 22.8 Å². The normalized spacial score (nSPS) is 10.7. The summed E-state index contributed by atoms with van der Waals surface area (Å²) in [5, 5.41) is 6.29. The molecule has 0 fully saturated rings. The number of aromatic nitrogens is 1. The van der Waals surface area contributed by atoms with Crippen molar-refractivity contribution in [3.63, 3.8) is 0 Å². The van der Waals surface area contributed by atoms with Gasteiger partial charge in [-0.15, -0.1) is 0 Å². The number of amides is 2. The molecule has 0 saturated carbocycles. The van der Waals surface area contributed by atoms with Gasteiger partial charge in [-0.2, -0.15) is 0 Å². The van der Waals surface area contributed by atoms with Crippen LogP contribution in [0.3, 0.4) is 0 Å². The maximum Gasteiger partial charge on any atom is 0.255 e. The summed E-state index contributed by atoms with van der Waals surface area (Å²) >= 11 is 1.40. The van der Waals surface area contributed by atoms with Crippen molar-refractivity contribution in [1.29, 1.82) is 0 Å². The number of rotatable bonds is 4. The molecule has 0 radical (unpaired) electrons. The molecule has 0 bridgehead atoms. The monoisotopic (exact) mass is 353 g/mol. The van der Waals surface area contributed by atoms with Crippen LogP contribution in [0, 0.1) is 13.8 Å². The van der Waals surface area contributed by atoms with Crippen molar-refractivity contribution in [2.45, 2.75) is 27.2 Å². The second kappa shape index (κ2) is 7.03. The number of aryl methyl sites for hydroxylation is 2. The molecule has 2 amide bonds. The summed E-state index contributed by atoms with van der Waals surface area (Å²) in [4.78, 5) is 28.4. The van der Waals surface area contributed by atoms with Crippen molar-refractivity contribution in [3.8, 4) is 0 Å². The summed E-state index contributed by atoms with van der Waals surface area (Å²) in [7, 11) is 0. The van der Waals surface area contributed by atoms with Gasteiger partial charge in [0.2, 0.25) is 5.91 Å². The van der Waals surface area contributed by atoms with Gasteiger partial charge in [-0.05, 0) is 43.7 Å². The van der Waals surface area contributed by atoms with Crippen LogP contribution in [-0.2, 0) is 4.79 Å². The van der Waals surface area contributed by atoms with Gasteiger partial charge in [0.25, 0.3) is 5.91 Å². The molecule has 0 aliphatic rings. The molecule has 2 N–H and O–H groups in total. The second-order valence-electron chi connectivity index (χ2n) is 5.88. The Morgan fingerprint density at radius 2 is 1.92 bits per heavy atom. The Balaban J connectivity index is 1.87.